The molecule has 1 aromatic rings. The number of ketones is 1. The fourth-order valence-corrected chi connectivity index (χ4v) is 2.73. The summed E-state index contributed by atoms with van der Waals surface area (Å²) < 4.78 is 5.11. The Balaban J connectivity index is 2.27. The topological polar surface area (TPSA) is 76.0 Å². The molecule has 0 spiro atoms. The number of Topliss-reactive ketones (excluding diaryl/α,β-unsaturated/α-hetero) is 1. The Kier molecular flexibility index (Phi) is 3.20. The molecule has 112 valence electrons. The van der Waals surface area contributed by atoms with Crippen molar-refractivity contribution in [3.63, 3.8) is 0 Å². The Bertz CT molecular complexity index is 799. The average molecular weight is 297 g/mol. The average Bonchev–Trinajstić information content (AvgIpc) is 2.50. The fraction of sp³-hybridized carbons (Fsp3) is 0.235. The molecule has 0 saturated heterocycles. The Morgan fingerprint density at radius 2 is 2.05 bits per heavy atom. The summed E-state index contributed by atoms with van der Waals surface area (Å²) in [4.78, 5) is 28.7. The highest BCUT2D eigenvalue weighted by molar-refractivity contribution is 6.32. The second kappa shape index (κ2) is 4.94. The van der Waals surface area contributed by atoms with Crippen LogP contribution in [0.2, 0.25) is 0 Å². The van der Waals surface area contributed by atoms with Crippen LogP contribution in [-0.4, -0.2) is 29.7 Å². The molecule has 1 atom stereocenters. The first-order valence-electron chi connectivity index (χ1n) is 6.88. The summed E-state index contributed by atoms with van der Waals surface area (Å²) >= 11 is 0. The molecule has 5 nitrogen and oxygen atoms in total. The number of hydrogen-bond acceptors (Lipinski definition) is 4. The minimum atomic E-state index is -1.12. The van der Waals surface area contributed by atoms with Gasteiger partial charge < -0.3 is 9.84 Å². The van der Waals surface area contributed by atoms with E-state index in [4.69, 9.17) is 4.74 Å². The van der Waals surface area contributed by atoms with Crippen molar-refractivity contribution in [3.05, 3.63) is 52.3 Å². The van der Waals surface area contributed by atoms with Crippen LogP contribution in [0.3, 0.4) is 0 Å². The van der Waals surface area contributed by atoms with Gasteiger partial charge in [0, 0.05) is 5.56 Å². The zero-order valence-electron chi connectivity index (χ0n) is 12.5. The van der Waals surface area contributed by atoms with Gasteiger partial charge in [0.2, 0.25) is 0 Å². The lowest BCUT2D eigenvalue weighted by molar-refractivity contribution is -0.132. The molecule has 1 heterocycles. The molecule has 0 aromatic heterocycles. The van der Waals surface area contributed by atoms with Crippen LogP contribution in [0.5, 0.6) is 0 Å². The molecule has 0 bridgehead atoms. The molecule has 5 heteroatoms. The van der Waals surface area contributed by atoms with Crippen LogP contribution in [0, 0.1) is 19.8 Å². The first kappa shape index (κ1) is 14.3. The van der Waals surface area contributed by atoms with Gasteiger partial charge in [-0.15, -0.1) is 0 Å². The molecule has 1 N–H and O–H groups in total. The maximum Gasteiger partial charge on any atom is 0.337 e. The molecular weight excluding hydrogens is 282 g/mol. The van der Waals surface area contributed by atoms with Gasteiger partial charge in [0.05, 0.1) is 30.0 Å². The molecular formula is C17H15NO4. The highest BCUT2D eigenvalue weighted by Crippen LogP contribution is 2.37. The van der Waals surface area contributed by atoms with Gasteiger partial charge in [0.15, 0.2) is 5.78 Å². The van der Waals surface area contributed by atoms with Gasteiger partial charge in [-0.2, -0.15) is 0 Å². The minimum Gasteiger partial charge on any atom is -0.497 e. The number of methoxy groups -OCH3 is 1. The predicted octanol–water partition coefficient (Wildman–Crippen LogP) is 2.74. The van der Waals surface area contributed by atoms with Crippen LogP contribution in [-0.2, 0) is 9.53 Å². The van der Waals surface area contributed by atoms with Crippen LogP contribution in [0.15, 0.2) is 40.6 Å². The van der Waals surface area contributed by atoms with Crippen molar-refractivity contribution in [1.82, 2.24) is 0 Å². The molecule has 3 rings (SSSR count). The number of carboxylic acids is 1. The third-order valence-electron chi connectivity index (χ3n) is 4.14. The second-order valence-electron chi connectivity index (χ2n) is 5.38. The Morgan fingerprint density at radius 3 is 2.68 bits per heavy atom. The lowest BCUT2D eigenvalue weighted by Gasteiger charge is -2.26. The molecule has 1 unspecified atom stereocenters. The summed E-state index contributed by atoms with van der Waals surface area (Å²) in [5.41, 5.74) is 3.28. The number of rotatable bonds is 2. The number of fused-ring (bicyclic) bond motifs is 2. The van der Waals surface area contributed by atoms with E-state index < -0.39 is 11.9 Å². The number of benzene rings is 1. The number of hydrogen-bond donors (Lipinski definition) is 1. The van der Waals surface area contributed by atoms with Crippen molar-refractivity contribution < 1.29 is 19.4 Å². The lowest BCUT2D eigenvalue weighted by Crippen LogP contribution is -2.32. The van der Waals surface area contributed by atoms with E-state index in [2.05, 4.69) is 4.99 Å². The number of carboxylic acid groups (broad SMARTS) is 1. The Morgan fingerprint density at radius 1 is 1.32 bits per heavy atom. The van der Waals surface area contributed by atoms with E-state index in [1.54, 1.807) is 12.1 Å². The number of carbonyl (C=O) groups excluding carboxylic acids is 1. The van der Waals surface area contributed by atoms with Gasteiger partial charge in [0.1, 0.15) is 5.76 Å². The normalized spacial score (nSPS) is 19.5. The third-order valence-corrected chi connectivity index (χ3v) is 4.14. The smallest absolute Gasteiger partial charge is 0.337 e. The third kappa shape index (κ3) is 1.97. The number of aliphatic imine (C=N–C) groups is 1. The molecule has 1 aliphatic carbocycles. The Hall–Kier alpha value is -2.69. The summed E-state index contributed by atoms with van der Waals surface area (Å²) in [5, 5.41) is 9.41. The lowest BCUT2D eigenvalue weighted by atomic mass is 9.81. The summed E-state index contributed by atoms with van der Waals surface area (Å²) in [5.74, 6) is -1.61. The highest BCUT2D eigenvalue weighted by Gasteiger charge is 2.37. The van der Waals surface area contributed by atoms with Crippen LogP contribution in [0.4, 0.5) is 5.69 Å². The standard InChI is InChI=1S/C17H15NO4/c1-8-4-5-11-14(9(8)2)18-15-12(16(11)19)6-10(22-3)7-13(15)17(20)21/h4-7,12H,1-3H3,(H,20,21). The van der Waals surface area contributed by atoms with Gasteiger partial charge in [0.25, 0.3) is 0 Å². The van der Waals surface area contributed by atoms with E-state index in [1.807, 2.05) is 19.9 Å². The van der Waals surface area contributed by atoms with Crippen LogP contribution < -0.4 is 0 Å². The van der Waals surface area contributed by atoms with E-state index in [9.17, 15) is 14.7 Å². The molecule has 1 aromatic carbocycles. The molecule has 1 aliphatic heterocycles. The largest absolute Gasteiger partial charge is 0.497 e. The van der Waals surface area contributed by atoms with E-state index in [0.29, 0.717) is 17.0 Å². The SMILES string of the molecule is COC1=CC2C(=O)c3ccc(C)c(C)c3N=C2C(C(=O)O)=C1. The van der Waals surface area contributed by atoms with E-state index in [0.717, 1.165) is 11.1 Å². The first-order valence-corrected chi connectivity index (χ1v) is 6.88. The first-order chi connectivity index (χ1) is 10.4. The molecule has 0 fully saturated rings. The van der Waals surface area contributed by atoms with Crippen LogP contribution in [0.25, 0.3) is 0 Å². The molecule has 0 saturated carbocycles. The second-order valence-corrected chi connectivity index (χ2v) is 5.38. The predicted molar refractivity (Wildman–Crippen MR) is 81.6 cm³/mol. The number of carbonyl (C=O) groups is 2. The summed E-state index contributed by atoms with van der Waals surface area (Å²) in [6, 6.07) is 3.63. The number of aryl methyl sites for hydroxylation is 1. The highest BCUT2D eigenvalue weighted by atomic mass is 16.5. The van der Waals surface area contributed by atoms with Gasteiger partial charge in [-0.25, -0.2) is 4.79 Å². The maximum absolute atomic E-state index is 12.7. The van der Waals surface area contributed by atoms with Gasteiger partial charge in [-0.05, 0) is 43.2 Å². The zero-order valence-corrected chi connectivity index (χ0v) is 12.5. The molecule has 0 radical (unpaired) electrons. The van der Waals surface area contributed by atoms with Crippen molar-refractivity contribution in [1.29, 1.82) is 0 Å². The van der Waals surface area contributed by atoms with Crippen LogP contribution >= 0.6 is 0 Å². The molecule has 0 amide bonds. The fourth-order valence-electron chi connectivity index (χ4n) is 2.73. The van der Waals surface area contributed by atoms with Crippen molar-refractivity contribution in [3.8, 4) is 0 Å². The minimum absolute atomic E-state index is 0.00394. The Labute approximate surface area is 127 Å². The monoisotopic (exact) mass is 297 g/mol. The van der Waals surface area contributed by atoms with Gasteiger partial charge in [-0.1, -0.05) is 6.07 Å². The molecule has 22 heavy (non-hydrogen) atoms. The summed E-state index contributed by atoms with van der Waals surface area (Å²) in [7, 11) is 1.44. The van der Waals surface area contributed by atoms with Crippen molar-refractivity contribution in [2.75, 3.05) is 7.11 Å². The van der Waals surface area contributed by atoms with Crippen LogP contribution in [0.1, 0.15) is 21.5 Å². The number of allylic oxidation sites excluding steroid dienone is 2. The summed E-state index contributed by atoms with van der Waals surface area (Å²) in [6.07, 6.45) is 3.02. The summed E-state index contributed by atoms with van der Waals surface area (Å²) in [6.45, 7) is 3.82. The number of nitrogens with zero attached hydrogens (tertiary/aromatic N) is 1. The van der Waals surface area contributed by atoms with Gasteiger partial charge >= 0.3 is 5.97 Å². The van der Waals surface area contributed by atoms with Gasteiger partial charge in [-0.3, -0.25) is 9.79 Å². The zero-order chi connectivity index (χ0) is 16.0. The molecule has 2 aliphatic rings. The quantitative estimate of drug-likeness (QED) is 0.910. The number of aliphatic carboxylic acids is 1. The van der Waals surface area contributed by atoms with Crippen molar-refractivity contribution >= 4 is 23.2 Å². The van der Waals surface area contributed by atoms with E-state index >= 15 is 0 Å². The number of ether oxygens (including phenoxy) is 1. The van der Waals surface area contributed by atoms with E-state index in [-0.39, 0.29) is 17.1 Å². The maximum atomic E-state index is 12.7. The van der Waals surface area contributed by atoms with Crippen molar-refractivity contribution in [2.24, 2.45) is 10.9 Å². The van der Waals surface area contributed by atoms with E-state index in [1.165, 1.54) is 13.2 Å². The van der Waals surface area contributed by atoms with Crippen molar-refractivity contribution in [2.45, 2.75) is 13.8 Å².